The fourth-order valence-electron chi connectivity index (χ4n) is 1.23. The maximum atomic E-state index is 10.9. The van der Waals surface area contributed by atoms with Gasteiger partial charge in [-0.25, -0.2) is 0 Å². The van der Waals surface area contributed by atoms with E-state index in [1.807, 2.05) is 13.8 Å². The van der Waals surface area contributed by atoms with Crippen LogP contribution in [0.2, 0.25) is 0 Å². The number of carbonyl (C=O) groups is 1. The molecule has 1 saturated heterocycles. The third-order valence-corrected chi connectivity index (χ3v) is 1.80. The first kappa shape index (κ1) is 7.58. The largest absolute Gasteiger partial charge is 0.460 e. The summed E-state index contributed by atoms with van der Waals surface area (Å²) in [5, 5.41) is 0. The van der Waals surface area contributed by atoms with Crippen molar-refractivity contribution in [2.24, 2.45) is 0 Å². The predicted molar refractivity (Wildman–Crippen MR) is 38.6 cm³/mol. The van der Waals surface area contributed by atoms with Crippen LogP contribution in [-0.2, 0) is 9.53 Å². The number of hydrogen-bond acceptors (Lipinski definition) is 2. The highest BCUT2D eigenvalue weighted by molar-refractivity contribution is 5.70. The number of cyclic esters (lactones) is 1. The van der Waals surface area contributed by atoms with Gasteiger partial charge < -0.3 is 4.74 Å². The quantitative estimate of drug-likeness (QED) is 0.483. The zero-order chi connectivity index (χ0) is 7.61. The average Bonchev–Trinajstić information content (AvgIpc) is 1.90. The highest BCUT2D eigenvalue weighted by Crippen LogP contribution is 2.23. The van der Waals surface area contributed by atoms with Crippen molar-refractivity contribution in [2.45, 2.75) is 45.1 Å². The van der Waals surface area contributed by atoms with Crippen LogP contribution in [0, 0.1) is 0 Å². The number of carbonyl (C=O) groups excluding carboxylic acids is 1. The Morgan fingerprint density at radius 3 is 2.80 bits per heavy atom. The van der Waals surface area contributed by atoms with E-state index in [1.54, 1.807) is 0 Å². The van der Waals surface area contributed by atoms with Crippen LogP contribution in [0.15, 0.2) is 0 Å². The Morgan fingerprint density at radius 2 is 2.10 bits per heavy atom. The van der Waals surface area contributed by atoms with E-state index in [1.165, 1.54) is 0 Å². The molecule has 0 aromatic carbocycles. The Morgan fingerprint density at radius 1 is 1.40 bits per heavy atom. The molecule has 2 heteroatoms. The minimum absolute atomic E-state index is 0.0394. The van der Waals surface area contributed by atoms with Gasteiger partial charge in [0, 0.05) is 6.42 Å². The third-order valence-electron chi connectivity index (χ3n) is 1.80. The standard InChI is InChI=1S/C8H14O2/c1-8(2)6-4-3-5-7(9)10-8/h3-6H2,1-2H3. The van der Waals surface area contributed by atoms with Crippen LogP contribution in [0.3, 0.4) is 0 Å². The van der Waals surface area contributed by atoms with Crippen molar-refractivity contribution >= 4 is 5.97 Å². The second kappa shape index (κ2) is 2.60. The highest BCUT2D eigenvalue weighted by Gasteiger charge is 2.24. The van der Waals surface area contributed by atoms with E-state index >= 15 is 0 Å². The second-order valence-corrected chi connectivity index (χ2v) is 3.44. The van der Waals surface area contributed by atoms with Crippen molar-refractivity contribution in [1.82, 2.24) is 0 Å². The van der Waals surface area contributed by atoms with Crippen molar-refractivity contribution in [3.05, 3.63) is 0 Å². The van der Waals surface area contributed by atoms with Gasteiger partial charge in [0.15, 0.2) is 0 Å². The molecule has 0 saturated carbocycles. The molecule has 0 unspecified atom stereocenters. The Labute approximate surface area is 61.6 Å². The van der Waals surface area contributed by atoms with Gasteiger partial charge in [0.25, 0.3) is 0 Å². The van der Waals surface area contributed by atoms with Gasteiger partial charge in [0.1, 0.15) is 5.60 Å². The van der Waals surface area contributed by atoms with Crippen molar-refractivity contribution in [3.8, 4) is 0 Å². The Kier molecular flexibility index (Phi) is 1.97. The summed E-state index contributed by atoms with van der Waals surface area (Å²) in [6.45, 7) is 3.94. The molecule has 1 aliphatic heterocycles. The van der Waals surface area contributed by atoms with Gasteiger partial charge in [0.05, 0.1) is 0 Å². The van der Waals surface area contributed by atoms with Crippen LogP contribution in [0.25, 0.3) is 0 Å². The molecule has 0 radical (unpaired) electrons. The van der Waals surface area contributed by atoms with Gasteiger partial charge in [0.2, 0.25) is 0 Å². The lowest BCUT2D eigenvalue weighted by atomic mass is 10.0. The molecule has 0 aliphatic carbocycles. The van der Waals surface area contributed by atoms with Crippen LogP contribution in [-0.4, -0.2) is 11.6 Å². The first-order valence-electron chi connectivity index (χ1n) is 3.82. The maximum absolute atomic E-state index is 10.9. The molecule has 0 bridgehead atoms. The number of esters is 1. The molecule has 58 valence electrons. The lowest BCUT2D eigenvalue weighted by Crippen LogP contribution is -2.25. The predicted octanol–water partition coefficient (Wildman–Crippen LogP) is 1.88. The molecule has 0 amide bonds. The summed E-state index contributed by atoms with van der Waals surface area (Å²) in [6, 6.07) is 0. The van der Waals surface area contributed by atoms with Crippen LogP contribution >= 0.6 is 0 Å². The summed E-state index contributed by atoms with van der Waals surface area (Å²) in [7, 11) is 0. The molecule has 0 atom stereocenters. The van der Waals surface area contributed by atoms with E-state index in [0.717, 1.165) is 19.3 Å². The zero-order valence-electron chi connectivity index (χ0n) is 6.64. The minimum atomic E-state index is -0.215. The van der Waals surface area contributed by atoms with E-state index in [4.69, 9.17) is 4.74 Å². The topological polar surface area (TPSA) is 26.3 Å². The summed E-state index contributed by atoms with van der Waals surface area (Å²) >= 11 is 0. The lowest BCUT2D eigenvalue weighted by Gasteiger charge is -2.21. The van der Waals surface area contributed by atoms with Crippen LogP contribution < -0.4 is 0 Å². The monoisotopic (exact) mass is 142 g/mol. The molecule has 0 N–H and O–H groups in total. The van der Waals surface area contributed by atoms with Gasteiger partial charge in [-0.15, -0.1) is 0 Å². The smallest absolute Gasteiger partial charge is 0.306 e. The SMILES string of the molecule is CC1(C)CCCCC(=O)O1. The minimum Gasteiger partial charge on any atom is -0.460 e. The third kappa shape index (κ3) is 2.01. The molecule has 1 heterocycles. The molecule has 0 spiro atoms. The Hall–Kier alpha value is -0.530. The van der Waals surface area contributed by atoms with E-state index in [0.29, 0.717) is 6.42 Å². The van der Waals surface area contributed by atoms with E-state index in [-0.39, 0.29) is 11.6 Å². The summed E-state index contributed by atoms with van der Waals surface area (Å²) in [5.74, 6) is -0.0394. The fraction of sp³-hybridized carbons (Fsp3) is 0.875. The molecule has 0 aromatic heterocycles. The average molecular weight is 142 g/mol. The molecule has 1 aliphatic rings. The molecule has 1 rings (SSSR count). The molecule has 0 aromatic rings. The van der Waals surface area contributed by atoms with Crippen LogP contribution in [0.4, 0.5) is 0 Å². The zero-order valence-corrected chi connectivity index (χ0v) is 6.64. The molecular weight excluding hydrogens is 128 g/mol. The number of hydrogen-bond donors (Lipinski definition) is 0. The summed E-state index contributed by atoms with van der Waals surface area (Å²) in [6.07, 6.45) is 3.70. The van der Waals surface area contributed by atoms with Crippen molar-refractivity contribution in [1.29, 1.82) is 0 Å². The van der Waals surface area contributed by atoms with E-state index in [2.05, 4.69) is 0 Å². The summed E-state index contributed by atoms with van der Waals surface area (Å²) in [5.41, 5.74) is -0.215. The van der Waals surface area contributed by atoms with Gasteiger partial charge in [-0.3, -0.25) is 4.79 Å². The highest BCUT2D eigenvalue weighted by atomic mass is 16.6. The fourth-order valence-corrected chi connectivity index (χ4v) is 1.23. The van der Waals surface area contributed by atoms with Gasteiger partial charge in [-0.1, -0.05) is 0 Å². The molecular formula is C8H14O2. The molecule has 1 fully saturated rings. The molecule has 10 heavy (non-hydrogen) atoms. The second-order valence-electron chi connectivity index (χ2n) is 3.44. The van der Waals surface area contributed by atoms with Crippen LogP contribution in [0.5, 0.6) is 0 Å². The van der Waals surface area contributed by atoms with Gasteiger partial charge in [-0.2, -0.15) is 0 Å². The number of rotatable bonds is 0. The van der Waals surface area contributed by atoms with E-state index < -0.39 is 0 Å². The lowest BCUT2D eigenvalue weighted by molar-refractivity contribution is -0.154. The summed E-state index contributed by atoms with van der Waals surface area (Å²) in [4.78, 5) is 10.9. The maximum Gasteiger partial charge on any atom is 0.306 e. The van der Waals surface area contributed by atoms with Crippen molar-refractivity contribution in [2.75, 3.05) is 0 Å². The van der Waals surface area contributed by atoms with Gasteiger partial charge in [-0.05, 0) is 33.1 Å². The molecule has 2 nitrogen and oxygen atoms in total. The Bertz CT molecular complexity index is 138. The first-order chi connectivity index (χ1) is 4.60. The Balaban J connectivity index is 2.54. The van der Waals surface area contributed by atoms with Crippen molar-refractivity contribution < 1.29 is 9.53 Å². The first-order valence-corrected chi connectivity index (χ1v) is 3.82. The van der Waals surface area contributed by atoms with E-state index in [9.17, 15) is 4.79 Å². The van der Waals surface area contributed by atoms with Crippen molar-refractivity contribution in [3.63, 3.8) is 0 Å². The normalized spacial score (nSPS) is 25.2. The summed E-state index contributed by atoms with van der Waals surface area (Å²) < 4.78 is 5.16. The number of ether oxygens (including phenoxy) is 1. The van der Waals surface area contributed by atoms with Crippen LogP contribution in [0.1, 0.15) is 39.5 Å². The van der Waals surface area contributed by atoms with Gasteiger partial charge >= 0.3 is 5.97 Å².